The third-order valence-electron chi connectivity index (χ3n) is 7.20. The molecule has 13 nitrogen and oxygen atoms in total. The Morgan fingerprint density at radius 2 is 1.92 bits per heavy atom. The molecule has 3 amide bonds. The summed E-state index contributed by atoms with van der Waals surface area (Å²) in [6.07, 6.45) is 1.85. The second-order valence-corrected chi connectivity index (χ2v) is 11.8. The summed E-state index contributed by atoms with van der Waals surface area (Å²) >= 11 is 0. The summed E-state index contributed by atoms with van der Waals surface area (Å²) in [6, 6.07) is 14.9. The number of benzene rings is 2. The van der Waals surface area contributed by atoms with E-state index in [9.17, 15) is 24.0 Å². The van der Waals surface area contributed by atoms with Crippen LogP contribution in [0, 0.1) is 17.1 Å². The minimum Gasteiger partial charge on any atom is -0.467 e. The maximum atomic E-state index is 14.2. The second-order valence-electron chi connectivity index (χ2n) is 11.8. The summed E-state index contributed by atoms with van der Waals surface area (Å²) in [6.45, 7) is 5.49. The highest BCUT2D eigenvalue weighted by molar-refractivity contribution is 6.03. The highest BCUT2D eigenvalue weighted by Gasteiger charge is 2.36. The number of aromatic nitrogens is 2. The first-order valence-electron chi connectivity index (χ1n) is 15.0. The van der Waals surface area contributed by atoms with E-state index in [-0.39, 0.29) is 35.4 Å². The summed E-state index contributed by atoms with van der Waals surface area (Å²) in [5.74, 6) is -1.77. The minimum atomic E-state index is -0.729. The summed E-state index contributed by atoms with van der Waals surface area (Å²) in [7, 11) is 1.42. The Kier molecular flexibility index (Phi) is 10.0. The topological polar surface area (TPSA) is 169 Å². The Balaban J connectivity index is 1.53. The fraction of sp³-hybridized carbons (Fsp3) is 0.294. The molecular formula is C34H33FN6O7. The molecule has 2 aromatic carbocycles. The fourth-order valence-electron chi connectivity index (χ4n) is 5.13. The van der Waals surface area contributed by atoms with Gasteiger partial charge in [0.05, 0.1) is 11.9 Å². The van der Waals surface area contributed by atoms with Crippen LogP contribution in [0.15, 0.2) is 65.3 Å². The first kappa shape index (κ1) is 33.6. The number of hydrogen-bond donors (Lipinski definition) is 2. The molecule has 0 aliphatic carbocycles. The van der Waals surface area contributed by atoms with Crippen molar-refractivity contribution in [1.29, 1.82) is 5.26 Å². The van der Waals surface area contributed by atoms with Crippen LogP contribution in [0.5, 0.6) is 5.75 Å². The highest BCUT2D eigenvalue weighted by Crippen LogP contribution is 2.37. The fourth-order valence-corrected chi connectivity index (χ4v) is 5.13. The lowest BCUT2D eigenvalue weighted by molar-refractivity contribution is -0.120. The van der Waals surface area contributed by atoms with Crippen LogP contribution in [0.3, 0.4) is 0 Å². The summed E-state index contributed by atoms with van der Waals surface area (Å²) < 4.78 is 35.3. The van der Waals surface area contributed by atoms with Crippen LogP contribution in [-0.2, 0) is 14.3 Å². The van der Waals surface area contributed by atoms with Crippen molar-refractivity contribution in [2.75, 3.05) is 31.1 Å². The number of rotatable bonds is 9. The number of nitrogens with one attached hydrogen (secondary N) is 2. The Morgan fingerprint density at radius 3 is 2.62 bits per heavy atom. The van der Waals surface area contributed by atoms with Crippen LogP contribution in [0.1, 0.15) is 49.7 Å². The van der Waals surface area contributed by atoms with Gasteiger partial charge in [-0.25, -0.2) is 14.2 Å². The van der Waals surface area contributed by atoms with Crippen molar-refractivity contribution in [1.82, 2.24) is 15.0 Å². The normalized spacial score (nSPS) is 14.2. The van der Waals surface area contributed by atoms with Gasteiger partial charge in [-0.15, -0.1) is 0 Å². The summed E-state index contributed by atoms with van der Waals surface area (Å²) in [5.41, 5.74) is 1.09. The minimum absolute atomic E-state index is 0.00320. The molecule has 1 saturated heterocycles. The van der Waals surface area contributed by atoms with E-state index in [1.54, 1.807) is 51.1 Å². The number of amides is 3. The molecule has 4 aromatic rings. The van der Waals surface area contributed by atoms with Gasteiger partial charge < -0.3 is 29.4 Å². The molecular weight excluding hydrogens is 623 g/mol. The first-order valence-corrected chi connectivity index (χ1v) is 15.0. The van der Waals surface area contributed by atoms with Crippen molar-refractivity contribution in [2.45, 2.75) is 45.3 Å². The average molecular weight is 657 g/mol. The number of halogens is 1. The SMILES string of the molecule is COCOc1cc(F)ccc1-c1cc(-c2cccc(NC(=O)[C@H]3CCCN3C(=O)OC(C)(C)C)c2)c(C#N)c(NC(=O)c2ccno2)n1. The molecule has 1 atom stereocenters. The van der Waals surface area contributed by atoms with Crippen LogP contribution < -0.4 is 15.4 Å². The molecule has 0 bridgehead atoms. The van der Waals surface area contributed by atoms with Gasteiger partial charge in [-0.3, -0.25) is 14.5 Å². The number of pyridine rings is 1. The van der Waals surface area contributed by atoms with E-state index < -0.39 is 35.4 Å². The van der Waals surface area contributed by atoms with E-state index in [1.165, 1.54) is 42.5 Å². The number of ether oxygens (including phenoxy) is 3. The van der Waals surface area contributed by atoms with Gasteiger partial charge in [-0.05, 0) is 69.5 Å². The number of hydrogen-bond acceptors (Lipinski definition) is 10. The van der Waals surface area contributed by atoms with Crippen molar-refractivity contribution in [3.8, 4) is 34.2 Å². The molecule has 248 valence electrons. The molecule has 0 unspecified atom stereocenters. The maximum absolute atomic E-state index is 14.2. The molecule has 1 fully saturated rings. The van der Waals surface area contributed by atoms with E-state index in [4.69, 9.17) is 18.7 Å². The third kappa shape index (κ3) is 7.76. The molecule has 0 spiro atoms. The molecule has 0 radical (unpaired) electrons. The lowest BCUT2D eigenvalue weighted by Crippen LogP contribution is -2.45. The molecule has 2 aromatic heterocycles. The van der Waals surface area contributed by atoms with Crippen molar-refractivity contribution < 1.29 is 37.5 Å². The van der Waals surface area contributed by atoms with Crippen molar-refractivity contribution in [3.05, 3.63) is 77.9 Å². The lowest BCUT2D eigenvalue weighted by Gasteiger charge is -2.28. The van der Waals surface area contributed by atoms with Crippen LogP contribution in [0.4, 0.5) is 20.7 Å². The molecule has 14 heteroatoms. The van der Waals surface area contributed by atoms with Crippen LogP contribution in [-0.4, -0.2) is 65.0 Å². The summed E-state index contributed by atoms with van der Waals surface area (Å²) in [5, 5.41) is 19.3. The van der Waals surface area contributed by atoms with Crippen molar-refractivity contribution >= 4 is 29.4 Å². The monoisotopic (exact) mass is 656 g/mol. The zero-order chi connectivity index (χ0) is 34.4. The molecule has 1 aliphatic rings. The molecule has 2 N–H and O–H groups in total. The largest absolute Gasteiger partial charge is 0.467 e. The lowest BCUT2D eigenvalue weighted by atomic mass is 9.97. The first-order chi connectivity index (χ1) is 23.0. The number of anilines is 2. The van der Waals surface area contributed by atoms with E-state index >= 15 is 0 Å². The van der Waals surface area contributed by atoms with E-state index in [2.05, 4.69) is 26.8 Å². The number of methoxy groups -OCH3 is 1. The van der Waals surface area contributed by atoms with Gasteiger partial charge in [-0.1, -0.05) is 17.3 Å². The second kappa shape index (κ2) is 14.3. The quantitative estimate of drug-likeness (QED) is 0.204. The van der Waals surface area contributed by atoms with E-state index in [1.807, 2.05) is 0 Å². The van der Waals surface area contributed by atoms with Crippen molar-refractivity contribution in [2.24, 2.45) is 0 Å². The van der Waals surface area contributed by atoms with Gasteiger partial charge in [0.2, 0.25) is 11.7 Å². The Bertz CT molecular complexity index is 1870. The van der Waals surface area contributed by atoms with Gasteiger partial charge >= 0.3 is 6.09 Å². The van der Waals surface area contributed by atoms with Crippen molar-refractivity contribution in [3.63, 3.8) is 0 Å². The van der Waals surface area contributed by atoms with Gasteiger partial charge in [0.25, 0.3) is 5.91 Å². The van der Waals surface area contributed by atoms with Crippen LogP contribution in [0.25, 0.3) is 22.4 Å². The standard InChI is InChI=1S/C34H33FN6O7/c1-34(2,3)47-33(44)41-14-6-9-27(41)31(42)38-22-8-5-7-20(15-22)24-17-26(23-11-10-21(35)16-29(23)46-19-45-4)39-30(25(24)18-36)40-32(43)28-12-13-37-48-28/h5,7-8,10-13,15-17,27H,6,9,14,19H2,1-4H3,(H,38,42)(H,39,40,43)/t27-/m1/s1. The number of nitrogens with zero attached hydrogens (tertiary/aromatic N) is 4. The predicted molar refractivity (Wildman–Crippen MR) is 171 cm³/mol. The Hall–Kier alpha value is -5.81. The van der Waals surface area contributed by atoms with Gasteiger partial charge in [-0.2, -0.15) is 5.26 Å². The smallest absolute Gasteiger partial charge is 0.410 e. The number of likely N-dealkylation sites (tertiary alicyclic amines) is 1. The molecule has 0 saturated carbocycles. The Morgan fingerprint density at radius 1 is 1.10 bits per heavy atom. The van der Waals surface area contributed by atoms with Crippen LogP contribution in [0.2, 0.25) is 0 Å². The number of nitriles is 1. The molecule has 1 aliphatic heterocycles. The summed E-state index contributed by atoms with van der Waals surface area (Å²) in [4.78, 5) is 45.1. The van der Waals surface area contributed by atoms with Crippen LogP contribution >= 0.6 is 0 Å². The average Bonchev–Trinajstić information content (AvgIpc) is 3.76. The zero-order valence-electron chi connectivity index (χ0n) is 26.7. The van der Waals surface area contributed by atoms with Gasteiger partial charge in [0.15, 0.2) is 12.6 Å². The molecule has 48 heavy (non-hydrogen) atoms. The van der Waals surface area contributed by atoms with E-state index in [0.717, 1.165) is 0 Å². The predicted octanol–water partition coefficient (Wildman–Crippen LogP) is 5.99. The molecule has 5 rings (SSSR count). The third-order valence-corrected chi connectivity index (χ3v) is 7.20. The molecule has 3 heterocycles. The number of carbonyl (C=O) groups is 3. The van der Waals surface area contributed by atoms with E-state index in [0.29, 0.717) is 41.8 Å². The number of carbonyl (C=O) groups excluding carboxylic acids is 3. The maximum Gasteiger partial charge on any atom is 0.410 e. The zero-order valence-corrected chi connectivity index (χ0v) is 26.7. The van der Waals surface area contributed by atoms with Gasteiger partial charge in [0, 0.05) is 42.6 Å². The van der Waals surface area contributed by atoms with Gasteiger partial charge in [0.1, 0.15) is 34.8 Å². The highest BCUT2D eigenvalue weighted by atomic mass is 19.1. The Labute approximate surface area is 275 Å².